The van der Waals surface area contributed by atoms with Crippen LogP contribution in [0.15, 0.2) is 36.8 Å². The minimum atomic E-state index is -0.593. The Morgan fingerprint density at radius 3 is 2.53 bits per heavy atom. The first kappa shape index (κ1) is 13.8. The van der Waals surface area contributed by atoms with Gasteiger partial charge >= 0.3 is 0 Å². The van der Waals surface area contributed by atoms with Crippen molar-refractivity contribution in [2.75, 3.05) is 0 Å². The van der Waals surface area contributed by atoms with Crippen molar-refractivity contribution in [1.29, 1.82) is 0 Å². The summed E-state index contributed by atoms with van der Waals surface area (Å²) in [6.45, 7) is 5.18. The van der Waals surface area contributed by atoms with Gasteiger partial charge in [0.1, 0.15) is 6.10 Å². The Balaban J connectivity index is 2.18. The minimum absolute atomic E-state index is 0.593. The van der Waals surface area contributed by atoms with E-state index in [1.54, 1.807) is 12.5 Å². The average molecular weight is 258 g/mol. The number of aromatic nitrogens is 2. The molecule has 0 saturated carbocycles. The molecule has 1 N–H and O–H groups in total. The van der Waals surface area contributed by atoms with Crippen LogP contribution in [-0.4, -0.2) is 14.7 Å². The fourth-order valence-corrected chi connectivity index (χ4v) is 2.31. The van der Waals surface area contributed by atoms with Crippen LogP contribution in [0.25, 0.3) is 0 Å². The molecule has 1 unspecified atom stereocenters. The third-order valence-corrected chi connectivity index (χ3v) is 3.32. The fraction of sp³-hybridized carbons (Fsp3) is 0.438. The largest absolute Gasteiger partial charge is 0.382 e. The van der Waals surface area contributed by atoms with Gasteiger partial charge in [-0.25, -0.2) is 4.98 Å². The standard InChI is InChI=1S/C16H22N2O/c1-3-5-13-6-8-14(9-7-13)16(19)15-11-17-12-18(15)10-4-2/h6-9,11-12,16,19H,3-5,10H2,1-2H3. The van der Waals surface area contributed by atoms with E-state index >= 15 is 0 Å². The Morgan fingerprint density at radius 1 is 1.16 bits per heavy atom. The molecule has 2 rings (SSSR count). The van der Waals surface area contributed by atoms with E-state index < -0.39 is 6.10 Å². The molecule has 3 nitrogen and oxygen atoms in total. The van der Waals surface area contributed by atoms with Crippen molar-refractivity contribution in [1.82, 2.24) is 9.55 Å². The van der Waals surface area contributed by atoms with E-state index in [0.29, 0.717) is 0 Å². The molecule has 0 aliphatic rings. The molecule has 1 atom stereocenters. The van der Waals surface area contributed by atoms with Crippen LogP contribution in [0.4, 0.5) is 0 Å². The number of aliphatic hydroxyl groups excluding tert-OH is 1. The average Bonchev–Trinajstić information content (AvgIpc) is 2.88. The second-order valence-electron chi connectivity index (χ2n) is 4.91. The summed E-state index contributed by atoms with van der Waals surface area (Å²) in [5.41, 5.74) is 3.11. The second-order valence-corrected chi connectivity index (χ2v) is 4.91. The number of aryl methyl sites for hydroxylation is 2. The Morgan fingerprint density at radius 2 is 1.89 bits per heavy atom. The van der Waals surface area contributed by atoms with Crippen molar-refractivity contribution in [2.45, 2.75) is 45.8 Å². The number of nitrogens with zero attached hydrogens (tertiary/aromatic N) is 2. The maximum absolute atomic E-state index is 10.4. The highest BCUT2D eigenvalue weighted by Crippen LogP contribution is 2.22. The lowest BCUT2D eigenvalue weighted by Gasteiger charge is -2.14. The van der Waals surface area contributed by atoms with E-state index in [1.165, 1.54) is 5.56 Å². The van der Waals surface area contributed by atoms with Crippen molar-refractivity contribution < 1.29 is 5.11 Å². The van der Waals surface area contributed by atoms with Gasteiger partial charge in [0.15, 0.2) is 0 Å². The van der Waals surface area contributed by atoms with Crippen LogP contribution in [0.5, 0.6) is 0 Å². The molecule has 0 aliphatic carbocycles. The van der Waals surface area contributed by atoms with Gasteiger partial charge in [0.2, 0.25) is 0 Å². The molecule has 2 aromatic rings. The first-order valence-corrected chi connectivity index (χ1v) is 7.03. The lowest BCUT2D eigenvalue weighted by atomic mass is 10.0. The number of hydrogen-bond donors (Lipinski definition) is 1. The van der Waals surface area contributed by atoms with E-state index in [0.717, 1.165) is 37.1 Å². The van der Waals surface area contributed by atoms with Crippen molar-refractivity contribution in [3.05, 3.63) is 53.6 Å². The van der Waals surface area contributed by atoms with E-state index in [-0.39, 0.29) is 0 Å². The van der Waals surface area contributed by atoms with Crippen molar-refractivity contribution in [3.63, 3.8) is 0 Å². The van der Waals surface area contributed by atoms with E-state index in [9.17, 15) is 5.11 Å². The minimum Gasteiger partial charge on any atom is -0.382 e. The van der Waals surface area contributed by atoms with E-state index in [4.69, 9.17) is 0 Å². The first-order chi connectivity index (χ1) is 9.26. The molecular weight excluding hydrogens is 236 g/mol. The van der Waals surface area contributed by atoms with Gasteiger partial charge < -0.3 is 9.67 Å². The molecule has 0 fully saturated rings. The predicted octanol–water partition coefficient (Wildman–Crippen LogP) is 3.33. The van der Waals surface area contributed by atoms with E-state index in [2.05, 4.69) is 31.0 Å². The third kappa shape index (κ3) is 3.24. The van der Waals surface area contributed by atoms with Crippen LogP contribution >= 0.6 is 0 Å². The summed E-state index contributed by atoms with van der Waals surface area (Å²) in [5.74, 6) is 0. The SMILES string of the molecule is CCCc1ccc(C(O)c2cncn2CCC)cc1. The van der Waals surface area contributed by atoms with Gasteiger partial charge in [-0.05, 0) is 24.0 Å². The van der Waals surface area contributed by atoms with Gasteiger partial charge in [-0.2, -0.15) is 0 Å². The van der Waals surface area contributed by atoms with Gasteiger partial charge in [-0.3, -0.25) is 0 Å². The van der Waals surface area contributed by atoms with Gasteiger partial charge in [0.25, 0.3) is 0 Å². The number of hydrogen-bond acceptors (Lipinski definition) is 2. The molecule has 102 valence electrons. The molecule has 0 amide bonds. The van der Waals surface area contributed by atoms with Crippen LogP contribution in [0.2, 0.25) is 0 Å². The van der Waals surface area contributed by atoms with Crippen LogP contribution < -0.4 is 0 Å². The number of benzene rings is 1. The van der Waals surface area contributed by atoms with Crippen molar-refractivity contribution >= 4 is 0 Å². The molecule has 1 heterocycles. The lowest BCUT2D eigenvalue weighted by molar-refractivity contribution is 0.209. The summed E-state index contributed by atoms with van der Waals surface area (Å²) in [6.07, 6.45) is 6.21. The van der Waals surface area contributed by atoms with Gasteiger partial charge in [0.05, 0.1) is 18.2 Å². The van der Waals surface area contributed by atoms with Crippen molar-refractivity contribution in [3.8, 4) is 0 Å². The highest BCUT2D eigenvalue weighted by Gasteiger charge is 2.14. The maximum Gasteiger partial charge on any atom is 0.121 e. The number of imidazole rings is 1. The predicted molar refractivity (Wildman–Crippen MR) is 77.0 cm³/mol. The second kappa shape index (κ2) is 6.53. The summed E-state index contributed by atoms with van der Waals surface area (Å²) in [5, 5.41) is 10.4. The molecular formula is C16H22N2O. The Hall–Kier alpha value is -1.61. The van der Waals surface area contributed by atoms with Crippen LogP contribution in [0.1, 0.15) is 49.6 Å². The van der Waals surface area contributed by atoms with Gasteiger partial charge in [-0.15, -0.1) is 0 Å². The summed E-state index contributed by atoms with van der Waals surface area (Å²) >= 11 is 0. The Kier molecular flexibility index (Phi) is 4.74. The zero-order valence-corrected chi connectivity index (χ0v) is 11.7. The zero-order valence-electron chi connectivity index (χ0n) is 11.7. The molecule has 1 aromatic carbocycles. The normalized spacial score (nSPS) is 12.6. The fourth-order valence-electron chi connectivity index (χ4n) is 2.31. The van der Waals surface area contributed by atoms with Crippen LogP contribution in [-0.2, 0) is 13.0 Å². The Labute approximate surface area is 114 Å². The summed E-state index contributed by atoms with van der Waals surface area (Å²) in [7, 11) is 0. The topological polar surface area (TPSA) is 38.1 Å². The third-order valence-electron chi connectivity index (χ3n) is 3.32. The van der Waals surface area contributed by atoms with Gasteiger partial charge in [0, 0.05) is 6.54 Å². The zero-order chi connectivity index (χ0) is 13.7. The molecule has 0 bridgehead atoms. The molecule has 19 heavy (non-hydrogen) atoms. The summed E-state index contributed by atoms with van der Waals surface area (Å²) < 4.78 is 2.02. The number of rotatable bonds is 6. The van der Waals surface area contributed by atoms with Crippen molar-refractivity contribution in [2.24, 2.45) is 0 Å². The monoisotopic (exact) mass is 258 g/mol. The summed E-state index contributed by atoms with van der Waals surface area (Å²) in [4.78, 5) is 4.14. The smallest absolute Gasteiger partial charge is 0.121 e. The van der Waals surface area contributed by atoms with Crippen LogP contribution in [0, 0.1) is 0 Å². The first-order valence-electron chi connectivity index (χ1n) is 7.03. The number of aliphatic hydroxyl groups is 1. The molecule has 1 aromatic heterocycles. The maximum atomic E-state index is 10.4. The highest BCUT2D eigenvalue weighted by molar-refractivity contribution is 5.28. The molecule has 0 radical (unpaired) electrons. The van der Waals surface area contributed by atoms with Crippen LogP contribution in [0.3, 0.4) is 0 Å². The molecule has 0 spiro atoms. The highest BCUT2D eigenvalue weighted by atomic mass is 16.3. The van der Waals surface area contributed by atoms with Gasteiger partial charge in [-0.1, -0.05) is 44.5 Å². The lowest BCUT2D eigenvalue weighted by Crippen LogP contribution is -2.08. The Bertz CT molecular complexity index is 502. The molecule has 3 heteroatoms. The quantitative estimate of drug-likeness (QED) is 0.863. The molecule has 0 saturated heterocycles. The summed E-state index contributed by atoms with van der Waals surface area (Å²) in [6, 6.07) is 8.23. The van der Waals surface area contributed by atoms with E-state index in [1.807, 2.05) is 16.7 Å². The molecule has 0 aliphatic heterocycles.